The summed E-state index contributed by atoms with van der Waals surface area (Å²) in [4.78, 5) is 13.3. The molecule has 0 saturated carbocycles. The number of ether oxygens (including phenoxy) is 1. The topological polar surface area (TPSA) is 26.3 Å². The van der Waals surface area contributed by atoms with Crippen LogP contribution in [0.25, 0.3) is 0 Å². The molecule has 0 bridgehead atoms. The highest BCUT2D eigenvalue weighted by Gasteiger charge is 2.25. The monoisotopic (exact) mass is 324 g/mol. The van der Waals surface area contributed by atoms with Gasteiger partial charge in [-0.05, 0) is 55.2 Å². The van der Waals surface area contributed by atoms with Crippen LogP contribution in [-0.4, -0.2) is 25.3 Å². The Morgan fingerprint density at radius 3 is 2.81 bits per heavy atom. The van der Waals surface area contributed by atoms with Crippen LogP contribution in [0.2, 0.25) is 5.02 Å². The Hall–Kier alpha value is -0.770. The molecule has 1 aromatic carbocycles. The lowest BCUT2D eigenvalue weighted by molar-refractivity contribution is -0.116. The van der Waals surface area contributed by atoms with Gasteiger partial charge in [-0.15, -0.1) is 11.8 Å². The van der Waals surface area contributed by atoms with E-state index in [2.05, 4.69) is 6.58 Å². The van der Waals surface area contributed by atoms with Gasteiger partial charge in [0.25, 0.3) is 0 Å². The Balaban J connectivity index is 2.20. The third-order valence-corrected chi connectivity index (χ3v) is 5.25. The maximum Gasteiger partial charge on any atom is 0.162 e. The fourth-order valence-electron chi connectivity index (χ4n) is 2.77. The van der Waals surface area contributed by atoms with Crippen molar-refractivity contribution in [2.75, 3.05) is 19.5 Å². The van der Waals surface area contributed by atoms with Gasteiger partial charge < -0.3 is 4.74 Å². The predicted octanol–water partition coefficient (Wildman–Crippen LogP) is 4.72. The third-order valence-electron chi connectivity index (χ3n) is 4.03. The highest BCUT2D eigenvalue weighted by molar-refractivity contribution is 7.98. The minimum atomic E-state index is -0.140. The fraction of sp³-hybridized carbons (Fsp3) is 0.471. The summed E-state index contributed by atoms with van der Waals surface area (Å²) < 4.78 is 5.39. The molecule has 0 radical (unpaired) electrons. The lowest BCUT2D eigenvalue weighted by Crippen LogP contribution is -2.21. The van der Waals surface area contributed by atoms with Crippen molar-refractivity contribution in [3.63, 3.8) is 0 Å². The first-order chi connectivity index (χ1) is 10.2. The Bertz CT molecular complexity index is 510. The molecular formula is C17H21ClO2S. The molecule has 0 aromatic heterocycles. The second kappa shape index (κ2) is 8.02. The summed E-state index contributed by atoms with van der Waals surface area (Å²) in [5, 5.41) is 0.717. The van der Waals surface area contributed by atoms with Gasteiger partial charge in [0.15, 0.2) is 5.78 Å². The first-order valence-electron chi connectivity index (χ1n) is 7.23. The molecule has 0 N–H and O–H groups in total. The lowest BCUT2D eigenvalue weighted by atomic mass is 9.82. The number of benzene rings is 1. The number of allylic oxidation sites excluding steroid dienone is 1. The van der Waals surface area contributed by atoms with Gasteiger partial charge in [0.05, 0.1) is 5.02 Å². The predicted molar refractivity (Wildman–Crippen MR) is 89.3 cm³/mol. The van der Waals surface area contributed by atoms with E-state index in [0.29, 0.717) is 10.9 Å². The fourth-order valence-corrected chi connectivity index (χ4v) is 3.65. The van der Waals surface area contributed by atoms with E-state index in [1.165, 1.54) is 6.08 Å². The van der Waals surface area contributed by atoms with Gasteiger partial charge in [-0.2, -0.15) is 0 Å². The minimum Gasteiger partial charge on any atom is -0.381 e. The largest absolute Gasteiger partial charge is 0.381 e. The molecule has 0 spiro atoms. The summed E-state index contributed by atoms with van der Waals surface area (Å²) in [6, 6.07) is 5.94. The van der Waals surface area contributed by atoms with Crippen molar-refractivity contribution in [2.45, 2.75) is 30.1 Å². The summed E-state index contributed by atoms with van der Waals surface area (Å²) >= 11 is 7.90. The van der Waals surface area contributed by atoms with Gasteiger partial charge in [-0.3, -0.25) is 4.79 Å². The smallest absolute Gasteiger partial charge is 0.162 e. The molecule has 2 nitrogen and oxygen atoms in total. The molecule has 1 aliphatic rings. The van der Waals surface area contributed by atoms with Gasteiger partial charge in [0.1, 0.15) is 0 Å². The third kappa shape index (κ3) is 4.35. The molecule has 1 fully saturated rings. The van der Waals surface area contributed by atoms with E-state index < -0.39 is 0 Å². The minimum absolute atomic E-state index is 0.0782. The van der Waals surface area contributed by atoms with Gasteiger partial charge in [-0.1, -0.05) is 24.2 Å². The van der Waals surface area contributed by atoms with Crippen LogP contribution >= 0.6 is 23.4 Å². The maximum atomic E-state index is 12.3. The molecular weight excluding hydrogens is 304 g/mol. The summed E-state index contributed by atoms with van der Waals surface area (Å²) in [6.07, 6.45) is 6.33. The molecule has 114 valence electrons. The van der Waals surface area contributed by atoms with Crippen molar-refractivity contribution >= 4 is 29.1 Å². The van der Waals surface area contributed by atoms with Crippen molar-refractivity contribution in [1.82, 2.24) is 0 Å². The van der Waals surface area contributed by atoms with Crippen LogP contribution in [0.5, 0.6) is 0 Å². The second-order valence-electron chi connectivity index (χ2n) is 5.34. The van der Waals surface area contributed by atoms with Crippen LogP contribution in [0.1, 0.15) is 30.7 Å². The van der Waals surface area contributed by atoms with E-state index in [4.69, 9.17) is 16.3 Å². The van der Waals surface area contributed by atoms with Gasteiger partial charge in [0, 0.05) is 24.0 Å². The van der Waals surface area contributed by atoms with E-state index in [0.717, 1.165) is 42.9 Å². The average Bonchev–Trinajstić information content (AvgIpc) is 2.53. The second-order valence-corrected chi connectivity index (χ2v) is 6.60. The zero-order chi connectivity index (χ0) is 15.2. The van der Waals surface area contributed by atoms with Gasteiger partial charge in [0.2, 0.25) is 0 Å². The quantitative estimate of drug-likeness (QED) is 0.559. The SMILES string of the molecule is C=CC(=O)C(CC1CCOCC1)c1ccc(SC)c(Cl)c1. The zero-order valence-corrected chi connectivity index (χ0v) is 13.9. The number of carbonyl (C=O) groups is 1. The van der Waals surface area contributed by atoms with Crippen LogP contribution in [-0.2, 0) is 9.53 Å². The van der Waals surface area contributed by atoms with Crippen LogP contribution < -0.4 is 0 Å². The van der Waals surface area contributed by atoms with Crippen LogP contribution in [0, 0.1) is 5.92 Å². The van der Waals surface area contributed by atoms with Crippen LogP contribution in [0.4, 0.5) is 0 Å². The van der Waals surface area contributed by atoms with Gasteiger partial charge in [-0.25, -0.2) is 0 Å². The molecule has 2 rings (SSSR count). The first-order valence-corrected chi connectivity index (χ1v) is 8.83. The Morgan fingerprint density at radius 2 is 2.24 bits per heavy atom. The Morgan fingerprint density at radius 1 is 1.52 bits per heavy atom. The molecule has 0 amide bonds. The zero-order valence-electron chi connectivity index (χ0n) is 12.3. The molecule has 21 heavy (non-hydrogen) atoms. The summed E-state index contributed by atoms with van der Waals surface area (Å²) in [7, 11) is 0. The Kier molecular flexibility index (Phi) is 6.34. The molecule has 1 saturated heterocycles. The Labute approximate surface area is 135 Å². The standard InChI is InChI=1S/C17H21ClO2S/c1-3-16(19)14(10-12-6-8-20-9-7-12)13-4-5-17(21-2)15(18)11-13/h3-5,11-12,14H,1,6-10H2,2H3. The van der Waals surface area contributed by atoms with Crippen molar-refractivity contribution in [1.29, 1.82) is 0 Å². The lowest BCUT2D eigenvalue weighted by Gasteiger charge is -2.26. The van der Waals surface area contributed by atoms with Crippen molar-refractivity contribution in [2.24, 2.45) is 5.92 Å². The van der Waals surface area contributed by atoms with E-state index >= 15 is 0 Å². The van der Waals surface area contributed by atoms with E-state index in [-0.39, 0.29) is 11.7 Å². The first kappa shape index (κ1) is 16.6. The molecule has 1 atom stereocenters. The normalized spacial score (nSPS) is 17.4. The number of rotatable bonds is 6. The molecule has 1 heterocycles. The highest BCUT2D eigenvalue weighted by atomic mass is 35.5. The number of hydrogen-bond donors (Lipinski definition) is 0. The van der Waals surface area contributed by atoms with E-state index in [1.54, 1.807) is 11.8 Å². The van der Waals surface area contributed by atoms with E-state index in [1.807, 2.05) is 24.5 Å². The van der Waals surface area contributed by atoms with E-state index in [9.17, 15) is 4.79 Å². The number of carbonyl (C=O) groups excluding carboxylic acids is 1. The van der Waals surface area contributed by atoms with Crippen molar-refractivity contribution in [3.8, 4) is 0 Å². The molecule has 1 aliphatic heterocycles. The van der Waals surface area contributed by atoms with Crippen molar-refractivity contribution in [3.05, 3.63) is 41.4 Å². The molecule has 4 heteroatoms. The average molecular weight is 325 g/mol. The summed E-state index contributed by atoms with van der Waals surface area (Å²) in [6.45, 7) is 5.24. The number of hydrogen-bond acceptors (Lipinski definition) is 3. The summed E-state index contributed by atoms with van der Waals surface area (Å²) in [5.41, 5.74) is 0.995. The van der Waals surface area contributed by atoms with Crippen molar-refractivity contribution < 1.29 is 9.53 Å². The maximum absolute atomic E-state index is 12.3. The molecule has 0 aliphatic carbocycles. The molecule has 1 unspecified atom stereocenters. The number of thioether (sulfide) groups is 1. The number of ketones is 1. The van der Waals surface area contributed by atoms with Crippen LogP contribution in [0.15, 0.2) is 35.7 Å². The summed E-state index contributed by atoms with van der Waals surface area (Å²) in [5.74, 6) is 0.472. The van der Waals surface area contributed by atoms with Gasteiger partial charge >= 0.3 is 0 Å². The number of halogens is 1. The highest BCUT2D eigenvalue weighted by Crippen LogP contribution is 2.34. The van der Waals surface area contributed by atoms with Crippen LogP contribution in [0.3, 0.4) is 0 Å². The molecule has 1 aromatic rings.